The molecule has 0 aromatic heterocycles. The molecular formula is C18H30HgO4. The molecule has 0 bridgehead atoms. The molecule has 0 radical (unpaired) electrons. The van der Waals surface area contributed by atoms with Gasteiger partial charge in [0, 0.05) is 23.8 Å². The second-order valence-corrected chi connectivity index (χ2v) is 7.64. The minimum Gasteiger partial charge on any atom is -0.550 e. The summed E-state index contributed by atoms with van der Waals surface area (Å²) in [5.41, 5.74) is 0. The summed E-state index contributed by atoms with van der Waals surface area (Å²) in [5, 5.41) is 21.1. The fraction of sp³-hybridized carbons (Fsp3) is 0.889. The van der Waals surface area contributed by atoms with Gasteiger partial charge >= 0.3 is 27.7 Å². The average Bonchev–Trinajstić information content (AvgIpc) is 2.38. The number of carbonyl (C=O) groups excluding carboxylic acids is 2. The second-order valence-electron chi connectivity index (χ2n) is 7.64. The number of carboxylic acid groups (broad SMARTS) is 2. The molecule has 0 N–H and O–H groups in total. The average molecular weight is 511 g/mol. The van der Waals surface area contributed by atoms with Gasteiger partial charge in [0.2, 0.25) is 0 Å². The van der Waals surface area contributed by atoms with Crippen molar-refractivity contribution in [3.05, 3.63) is 0 Å². The Morgan fingerprint density at radius 2 is 1.00 bits per heavy atom. The van der Waals surface area contributed by atoms with Gasteiger partial charge in [0.15, 0.2) is 0 Å². The zero-order valence-corrected chi connectivity index (χ0v) is 20.5. The molecule has 128 valence electrons. The molecule has 0 aliphatic heterocycles. The molecule has 0 aromatic rings. The first-order valence-corrected chi connectivity index (χ1v) is 8.64. The van der Waals surface area contributed by atoms with Crippen LogP contribution in [-0.4, -0.2) is 11.9 Å². The molecule has 2 rings (SSSR count). The summed E-state index contributed by atoms with van der Waals surface area (Å²) in [6, 6.07) is 0. The van der Waals surface area contributed by atoms with Gasteiger partial charge in [0.25, 0.3) is 0 Å². The van der Waals surface area contributed by atoms with Crippen LogP contribution in [0.1, 0.15) is 66.2 Å². The summed E-state index contributed by atoms with van der Waals surface area (Å²) in [6.07, 6.45) is 5.79. The van der Waals surface area contributed by atoms with Gasteiger partial charge < -0.3 is 19.8 Å². The summed E-state index contributed by atoms with van der Waals surface area (Å²) in [4.78, 5) is 21.1. The van der Waals surface area contributed by atoms with E-state index in [0.717, 1.165) is 38.5 Å². The van der Waals surface area contributed by atoms with Crippen LogP contribution in [0.2, 0.25) is 0 Å². The number of aliphatic carboxylic acids is 2. The van der Waals surface area contributed by atoms with Gasteiger partial charge in [0.1, 0.15) is 0 Å². The molecule has 0 saturated heterocycles. The van der Waals surface area contributed by atoms with Gasteiger partial charge in [-0.25, -0.2) is 0 Å². The molecule has 6 atom stereocenters. The third-order valence-electron chi connectivity index (χ3n) is 5.47. The predicted octanol–water partition coefficient (Wildman–Crippen LogP) is 1.61. The summed E-state index contributed by atoms with van der Waals surface area (Å²) < 4.78 is 0. The zero-order chi connectivity index (χ0) is 16.9. The van der Waals surface area contributed by atoms with E-state index < -0.39 is 11.9 Å². The minimum atomic E-state index is -0.857. The third kappa shape index (κ3) is 7.53. The van der Waals surface area contributed by atoms with Crippen LogP contribution in [-0.2, 0) is 37.3 Å². The van der Waals surface area contributed by atoms with E-state index in [0.29, 0.717) is 23.7 Å². The molecule has 0 aromatic carbocycles. The Morgan fingerprint density at radius 1 is 0.696 bits per heavy atom. The van der Waals surface area contributed by atoms with Gasteiger partial charge in [0.05, 0.1) is 0 Å². The van der Waals surface area contributed by atoms with Gasteiger partial charge in [-0.15, -0.1) is 0 Å². The van der Waals surface area contributed by atoms with E-state index in [2.05, 4.69) is 13.8 Å². The van der Waals surface area contributed by atoms with Gasteiger partial charge in [-0.2, -0.15) is 0 Å². The maximum Gasteiger partial charge on any atom is 2.00 e. The summed E-state index contributed by atoms with van der Waals surface area (Å²) >= 11 is 0. The number of carbonyl (C=O) groups is 2. The van der Waals surface area contributed by atoms with Crippen molar-refractivity contribution < 1.29 is 47.5 Å². The smallest absolute Gasteiger partial charge is 0.550 e. The topological polar surface area (TPSA) is 80.3 Å². The van der Waals surface area contributed by atoms with Crippen molar-refractivity contribution in [3.8, 4) is 0 Å². The van der Waals surface area contributed by atoms with Gasteiger partial charge in [-0.05, 0) is 49.4 Å². The SMILES string of the molecule is CC1CCC(C(=O)[O-])C(C)C1.CC1CCC(C(=O)[O-])C(C)C1.[Hg+2]. The van der Waals surface area contributed by atoms with E-state index in [4.69, 9.17) is 0 Å². The Kier molecular flexibility index (Phi) is 10.6. The van der Waals surface area contributed by atoms with Crippen LogP contribution in [0.4, 0.5) is 0 Å². The van der Waals surface area contributed by atoms with Crippen molar-refractivity contribution in [1.82, 2.24) is 0 Å². The summed E-state index contributed by atoms with van der Waals surface area (Å²) in [6.45, 7) is 8.39. The quantitative estimate of drug-likeness (QED) is 0.529. The zero-order valence-electron chi connectivity index (χ0n) is 15.0. The van der Waals surface area contributed by atoms with Crippen molar-refractivity contribution in [3.63, 3.8) is 0 Å². The number of hydrogen-bond acceptors (Lipinski definition) is 4. The van der Waals surface area contributed by atoms with E-state index in [1.807, 2.05) is 13.8 Å². The molecule has 5 heteroatoms. The first kappa shape index (κ1) is 22.9. The minimum absolute atomic E-state index is 0. The van der Waals surface area contributed by atoms with Crippen molar-refractivity contribution in [1.29, 1.82) is 0 Å². The maximum absolute atomic E-state index is 10.6. The number of hydrogen-bond donors (Lipinski definition) is 0. The Hall–Kier alpha value is -0.125. The number of rotatable bonds is 2. The Labute approximate surface area is 160 Å². The van der Waals surface area contributed by atoms with Crippen LogP contribution in [0.25, 0.3) is 0 Å². The molecule has 2 aliphatic rings. The van der Waals surface area contributed by atoms with Crippen LogP contribution in [0.5, 0.6) is 0 Å². The van der Waals surface area contributed by atoms with Crippen LogP contribution in [0.15, 0.2) is 0 Å². The Bertz CT molecular complexity index is 349. The van der Waals surface area contributed by atoms with Gasteiger partial charge in [-0.1, -0.05) is 40.5 Å². The van der Waals surface area contributed by atoms with E-state index >= 15 is 0 Å². The molecular weight excluding hydrogens is 481 g/mol. The fourth-order valence-corrected chi connectivity index (χ4v) is 4.03. The Morgan fingerprint density at radius 3 is 1.22 bits per heavy atom. The van der Waals surface area contributed by atoms with E-state index in [1.165, 1.54) is 0 Å². The first-order chi connectivity index (χ1) is 10.2. The van der Waals surface area contributed by atoms with Crippen LogP contribution < -0.4 is 10.2 Å². The number of carboxylic acids is 2. The summed E-state index contributed by atoms with van der Waals surface area (Å²) in [5.74, 6) is -0.0834. The first-order valence-electron chi connectivity index (χ1n) is 8.64. The molecule has 0 spiro atoms. The molecule has 2 aliphatic carbocycles. The maximum atomic E-state index is 10.6. The van der Waals surface area contributed by atoms with Crippen LogP contribution >= 0.6 is 0 Å². The van der Waals surface area contributed by atoms with Crippen molar-refractivity contribution >= 4 is 11.9 Å². The van der Waals surface area contributed by atoms with Crippen LogP contribution in [0.3, 0.4) is 0 Å². The van der Waals surface area contributed by atoms with Crippen molar-refractivity contribution in [2.45, 2.75) is 66.2 Å². The van der Waals surface area contributed by atoms with E-state index in [1.54, 1.807) is 0 Å². The van der Waals surface area contributed by atoms with Crippen molar-refractivity contribution in [2.75, 3.05) is 0 Å². The monoisotopic (exact) mass is 512 g/mol. The molecule has 6 unspecified atom stereocenters. The van der Waals surface area contributed by atoms with Gasteiger partial charge in [-0.3, -0.25) is 0 Å². The molecule has 4 nitrogen and oxygen atoms in total. The van der Waals surface area contributed by atoms with Crippen molar-refractivity contribution in [2.24, 2.45) is 35.5 Å². The normalized spacial score (nSPS) is 36.9. The summed E-state index contributed by atoms with van der Waals surface area (Å²) in [7, 11) is 0. The molecule has 23 heavy (non-hydrogen) atoms. The largest absolute Gasteiger partial charge is 2.00 e. The fourth-order valence-electron chi connectivity index (χ4n) is 4.03. The molecule has 2 saturated carbocycles. The third-order valence-corrected chi connectivity index (χ3v) is 5.47. The predicted molar refractivity (Wildman–Crippen MR) is 81.4 cm³/mol. The Balaban J connectivity index is 0.000000403. The van der Waals surface area contributed by atoms with Crippen LogP contribution in [0, 0.1) is 35.5 Å². The molecule has 2 fully saturated rings. The molecule has 0 heterocycles. The van der Waals surface area contributed by atoms with E-state index in [9.17, 15) is 19.8 Å². The van der Waals surface area contributed by atoms with E-state index in [-0.39, 0.29) is 39.5 Å². The molecule has 0 amide bonds. The standard InChI is InChI=1S/2C9H16O2.Hg/c2*1-6-3-4-8(9(10)11)7(2)5-6;/h2*6-8H,3-5H2,1-2H3,(H,10,11);/q;;+2/p-2. The second kappa shape index (κ2) is 10.7.